The van der Waals surface area contributed by atoms with Gasteiger partial charge >= 0.3 is 5.97 Å². The van der Waals surface area contributed by atoms with Crippen molar-refractivity contribution in [2.75, 3.05) is 6.54 Å². The predicted octanol–water partition coefficient (Wildman–Crippen LogP) is 0.225. The summed E-state index contributed by atoms with van der Waals surface area (Å²) >= 11 is 0. The van der Waals surface area contributed by atoms with Gasteiger partial charge in [-0.3, -0.25) is 14.4 Å². The number of carbonyl (C=O) groups excluding carboxylic acids is 3. The van der Waals surface area contributed by atoms with Gasteiger partial charge in [0.25, 0.3) is 0 Å². The van der Waals surface area contributed by atoms with E-state index in [1.165, 1.54) is 11.8 Å². The summed E-state index contributed by atoms with van der Waals surface area (Å²) in [5.41, 5.74) is 7.64. The fourth-order valence-corrected chi connectivity index (χ4v) is 4.41. The van der Waals surface area contributed by atoms with E-state index in [0.29, 0.717) is 12.8 Å². The molecule has 1 aliphatic heterocycles. The van der Waals surface area contributed by atoms with Crippen molar-refractivity contribution in [3.63, 3.8) is 0 Å². The van der Waals surface area contributed by atoms with E-state index in [1.807, 2.05) is 36.4 Å². The molecule has 1 aliphatic rings. The Morgan fingerprint density at radius 3 is 2.08 bits per heavy atom. The van der Waals surface area contributed by atoms with Crippen LogP contribution in [0, 0.1) is 0 Å². The molecule has 37 heavy (non-hydrogen) atoms. The zero-order valence-electron chi connectivity index (χ0n) is 20.7. The summed E-state index contributed by atoms with van der Waals surface area (Å²) in [7, 11) is 0. The van der Waals surface area contributed by atoms with Crippen molar-refractivity contribution in [2.45, 2.75) is 62.9 Å². The number of carboxylic acids is 1. The Hall–Kier alpha value is -3.76. The molecule has 0 radical (unpaired) electrons. The van der Waals surface area contributed by atoms with Gasteiger partial charge in [-0.2, -0.15) is 0 Å². The summed E-state index contributed by atoms with van der Waals surface area (Å²) in [6, 6.07) is 13.8. The average molecular weight is 511 g/mol. The highest BCUT2D eigenvalue weighted by molar-refractivity contribution is 5.94. The molecule has 5 unspecified atom stereocenters. The van der Waals surface area contributed by atoms with Gasteiger partial charge in [0.1, 0.15) is 18.1 Å². The van der Waals surface area contributed by atoms with Crippen molar-refractivity contribution in [1.29, 1.82) is 0 Å². The van der Waals surface area contributed by atoms with Crippen LogP contribution in [0.15, 0.2) is 60.7 Å². The minimum absolute atomic E-state index is 0.0915. The molecule has 10 nitrogen and oxygen atoms in total. The maximum absolute atomic E-state index is 13.3. The lowest BCUT2D eigenvalue weighted by Crippen LogP contribution is -2.59. The Labute approximate surface area is 215 Å². The van der Waals surface area contributed by atoms with E-state index in [2.05, 4.69) is 10.6 Å². The molecule has 1 saturated heterocycles. The highest BCUT2D eigenvalue weighted by Gasteiger charge is 2.40. The lowest BCUT2D eigenvalue weighted by atomic mass is 10.0. The Morgan fingerprint density at radius 1 is 0.973 bits per heavy atom. The number of carboxylic acid groups (broad SMARTS) is 1. The number of benzene rings is 2. The second-order valence-electron chi connectivity index (χ2n) is 9.30. The van der Waals surface area contributed by atoms with Crippen LogP contribution >= 0.6 is 0 Å². The highest BCUT2D eigenvalue weighted by atomic mass is 16.4. The third kappa shape index (κ3) is 7.61. The van der Waals surface area contributed by atoms with E-state index < -0.39 is 54.0 Å². The van der Waals surface area contributed by atoms with Crippen LogP contribution in [0.2, 0.25) is 0 Å². The number of amides is 3. The smallest absolute Gasteiger partial charge is 0.326 e. The number of aliphatic carboxylic acids is 1. The summed E-state index contributed by atoms with van der Waals surface area (Å²) in [4.78, 5) is 52.2. The number of hydrogen-bond donors (Lipinski definition) is 5. The predicted molar refractivity (Wildman–Crippen MR) is 136 cm³/mol. The van der Waals surface area contributed by atoms with Gasteiger partial charge in [-0.1, -0.05) is 60.7 Å². The van der Waals surface area contributed by atoms with E-state index in [0.717, 1.165) is 11.1 Å². The fraction of sp³-hybridized carbons (Fsp3) is 0.407. The highest BCUT2D eigenvalue weighted by Crippen LogP contribution is 2.20. The maximum Gasteiger partial charge on any atom is 0.326 e. The third-order valence-corrected chi connectivity index (χ3v) is 6.42. The van der Waals surface area contributed by atoms with Crippen LogP contribution in [-0.2, 0) is 32.0 Å². The number of nitrogens with one attached hydrogen (secondary N) is 2. The van der Waals surface area contributed by atoms with Gasteiger partial charge in [0, 0.05) is 13.0 Å². The monoisotopic (exact) mass is 510 g/mol. The first-order chi connectivity index (χ1) is 17.7. The normalized spacial score (nSPS) is 18.4. The van der Waals surface area contributed by atoms with Gasteiger partial charge in [-0.15, -0.1) is 0 Å². The number of aliphatic hydroxyl groups is 1. The maximum atomic E-state index is 13.3. The van der Waals surface area contributed by atoms with Crippen molar-refractivity contribution >= 4 is 23.7 Å². The average Bonchev–Trinajstić information content (AvgIpc) is 3.37. The van der Waals surface area contributed by atoms with Crippen LogP contribution in [0.3, 0.4) is 0 Å². The molecule has 6 N–H and O–H groups in total. The lowest BCUT2D eigenvalue weighted by molar-refractivity contribution is -0.146. The van der Waals surface area contributed by atoms with Gasteiger partial charge in [0.15, 0.2) is 0 Å². The molecule has 0 saturated carbocycles. The molecule has 0 spiro atoms. The standard InChI is InChI=1S/C27H34N4O6/c1-17(32)23(30-24(33)20(28)15-18-9-4-2-5-10-18)26(35)31-14-8-13-22(31)25(34)29-21(27(36)37)16-19-11-6-3-7-12-19/h2-7,9-12,17,20-23,32H,8,13-16,28H2,1H3,(H,29,34)(H,30,33)(H,36,37). The van der Waals surface area contributed by atoms with Crippen LogP contribution in [-0.4, -0.2) is 75.6 Å². The quantitative estimate of drug-likeness (QED) is 0.289. The van der Waals surface area contributed by atoms with Gasteiger partial charge in [0.2, 0.25) is 17.7 Å². The van der Waals surface area contributed by atoms with Gasteiger partial charge in [-0.05, 0) is 37.3 Å². The Kier molecular flexibility index (Phi) is 9.76. The Balaban J connectivity index is 1.66. The van der Waals surface area contributed by atoms with Crippen molar-refractivity contribution in [1.82, 2.24) is 15.5 Å². The van der Waals surface area contributed by atoms with E-state index in [4.69, 9.17) is 5.73 Å². The number of nitrogens with two attached hydrogens (primary N) is 1. The van der Waals surface area contributed by atoms with Crippen molar-refractivity contribution < 1.29 is 29.4 Å². The SMILES string of the molecule is CC(O)C(NC(=O)C(N)Cc1ccccc1)C(=O)N1CCCC1C(=O)NC(Cc1ccccc1)C(=O)O. The largest absolute Gasteiger partial charge is 0.480 e. The molecular weight excluding hydrogens is 476 g/mol. The number of likely N-dealkylation sites (tertiary alicyclic amines) is 1. The number of nitrogens with zero attached hydrogens (tertiary/aromatic N) is 1. The van der Waals surface area contributed by atoms with Crippen LogP contribution in [0.4, 0.5) is 0 Å². The van der Waals surface area contributed by atoms with Gasteiger partial charge in [-0.25, -0.2) is 4.79 Å². The summed E-state index contributed by atoms with van der Waals surface area (Å²) in [6.45, 7) is 1.61. The number of carbonyl (C=O) groups is 4. The van der Waals surface area contributed by atoms with Gasteiger partial charge in [0.05, 0.1) is 12.1 Å². The van der Waals surface area contributed by atoms with Crippen molar-refractivity contribution in [3.05, 3.63) is 71.8 Å². The molecule has 3 amide bonds. The second-order valence-corrected chi connectivity index (χ2v) is 9.30. The van der Waals surface area contributed by atoms with Crippen molar-refractivity contribution in [2.24, 2.45) is 5.73 Å². The van der Waals surface area contributed by atoms with Crippen LogP contribution in [0.1, 0.15) is 30.9 Å². The molecule has 10 heteroatoms. The van der Waals surface area contributed by atoms with Crippen molar-refractivity contribution in [3.8, 4) is 0 Å². The molecule has 0 aliphatic carbocycles. The molecule has 2 aromatic carbocycles. The molecule has 1 heterocycles. The van der Waals surface area contributed by atoms with E-state index in [9.17, 15) is 29.4 Å². The third-order valence-electron chi connectivity index (χ3n) is 6.42. The first kappa shape index (κ1) is 27.8. The first-order valence-corrected chi connectivity index (χ1v) is 12.3. The molecule has 0 bridgehead atoms. The molecule has 2 aromatic rings. The van der Waals surface area contributed by atoms with E-state index >= 15 is 0 Å². The lowest BCUT2D eigenvalue weighted by Gasteiger charge is -2.31. The van der Waals surface area contributed by atoms with E-state index in [-0.39, 0.29) is 19.4 Å². The first-order valence-electron chi connectivity index (χ1n) is 12.3. The van der Waals surface area contributed by atoms with Gasteiger partial charge < -0.3 is 31.5 Å². The molecular formula is C27H34N4O6. The molecule has 3 rings (SSSR count). The molecule has 5 atom stereocenters. The molecule has 1 fully saturated rings. The summed E-state index contributed by atoms with van der Waals surface area (Å²) < 4.78 is 0. The second kappa shape index (κ2) is 13.0. The number of rotatable bonds is 11. The number of hydrogen-bond acceptors (Lipinski definition) is 6. The number of aliphatic hydroxyl groups excluding tert-OH is 1. The fourth-order valence-electron chi connectivity index (χ4n) is 4.41. The molecule has 0 aromatic heterocycles. The zero-order chi connectivity index (χ0) is 26.9. The summed E-state index contributed by atoms with van der Waals surface area (Å²) in [5, 5.41) is 25.0. The Bertz CT molecular complexity index is 1080. The van der Waals surface area contributed by atoms with Crippen LogP contribution in [0.5, 0.6) is 0 Å². The van der Waals surface area contributed by atoms with Crippen LogP contribution in [0.25, 0.3) is 0 Å². The topological polar surface area (TPSA) is 162 Å². The van der Waals surface area contributed by atoms with Crippen LogP contribution < -0.4 is 16.4 Å². The zero-order valence-corrected chi connectivity index (χ0v) is 20.7. The molecule has 198 valence electrons. The minimum atomic E-state index is -1.30. The summed E-state index contributed by atoms with van der Waals surface area (Å²) in [5.74, 6) is -3.00. The minimum Gasteiger partial charge on any atom is -0.480 e. The summed E-state index contributed by atoms with van der Waals surface area (Å²) in [6.07, 6.45) is -0.0409. The Morgan fingerprint density at radius 2 is 1.54 bits per heavy atom. The van der Waals surface area contributed by atoms with E-state index in [1.54, 1.807) is 24.3 Å².